The van der Waals surface area contributed by atoms with Crippen molar-refractivity contribution < 1.29 is 67.8 Å². The summed E-state index contributed by atoms with van der Waals surface area (Å²) in [5.74, 6) is 3.90. The maximum atomic E-state index is 12.4. The number of methoxy groups -OCH3 is 1. The number of allylic oxidation sites excluding steroid dienone is 6. The second-order valence-electron chi connectivity index (χ2n) is 17.9. The molecule has 3 rings (SSSR count). The molecular formula is C46H72N4O15S3. The molecule has 1 amide bonds. The van der Waals surface area contributed by atoms with Gasteiger partial charge in [-0.2, -0.15) is 25.3 Å². The minimum Gasteiger partial charge on any atom is -0.507 e. The number of hydrogen-bond acceptors (Lipinski definition) is 15. The molecule has 22 heteroatoms. The smallest absolute Gasteiger partial charge is 0.294 e. The third-order valence-electron chi connectivity index (χ3n) is 11.2. The molecule has 0 aromatic heterocycles. The van der Waals surface area contributed by atoms with Crippen molar-refractivity contribution in [2.45, 2.75) is 89.4 Å². The van der Waals surface area contributed by atoms with Crippen molar-refractivity contribution in [1.82, 2.24) is 5.43 Å². The largest absolute Gasteiger partial charge is 0.507 e. The molecule has 0 bridgehead atoms. The van der Waals surface area contributed by atoms with Gasteiger partial charge in [0.2, 0.25) is 5.91 Å². The van der Waals surface area contributed by atoms with Gasteiger partial charge in [0.15, 0.2) is 0 Å². The lowest BCUT2D eigenvalue weighted by atomic mass is 9.77. The molecule has 1 aliphatic rings. The summed E-state index contributed by atoms with van der Waals surface area (Å²) in [7, 11) is -11.6. The topological polar surface area (TPSA) is 282 Å². The van der Waals surface area contributed by atoms with E-state index in [0.29, 0.717) is 112 Å². The number of aromatic hydroxyl groups is 1. The Morgan fingerprint density at radius 2 is 1.46 bits per heavy atom. The quantitative estimate of drug-likeness (QED) is 0.0128. The number of hydrazine groups is 1. The number of benzene rings is 2. The van der Waals surface area contributed by atoms with E-state index in [2.05, 4.69) is 26.2 Å². The van der Waals surface area contributed by atoms with Gasteiger partial charge >= 0.3 is 0 Å². The molecule has 68 heavy (non-hydrogen) atoms. The van der Waals surface area contributed by atoms with Crippen LogP contribution in [0.25, 0.3) is 5.57 Å². The molecule has 7 N–H and O–H groups in total. The van der Waals surface area contributed by atoms with Crippen LogP contribution in [0, 0.1) is 5.41 Å². The monoisotopic (exact) mass is 1020 g/mol. The van der Waals surface area contributed by atoms with Gasteiger partial charge in [0.1, 0.15) is 5.75 Å². The molecule has 19 nitrogen and oxygen atoms in total. The molecule has 0 saturated heterocycles. The lowest BCUT2D eigenvalue weighted by molar-refractivity contribution is -0.121. The lowest BCUT2D eigenvalue weighted by Gasteiger charge is -2.30. The number of carbonyl (C=O) groups is 1. The highest BCUT2D eigenvalue weighted by atomic mass is 32.2. The minimum absolute atomic E-state index is 0.0180. The lowest BCUT2D eigenvalue weighted by Crippen LogP contribution is -2.30. The number of phenols is 1. The SMILES string of the molecule is COCCOCCOCCOCCN(CCCS(=O)(=O)O)c1ccc(C(=C\CC(C)(C)C)/C=C/C=C2\N(CCCCCC(=O)NN)c3ccc(S(=O)(=O)O)cc3C2(C)CCCS(=O)(=O)O)c(O)c1. The van der Waals surface area contributed by atoms with E-state index >= 15 is 0 Å². The van der Waals surface area contributed by atoms with Crippen molar-refractivity contribution in [2.24, 2.45) is 11.3 Å². The zero-order valence-corrected chi connectivity index (χ0v) is 42.3. The molecule has 1 aliphatic heterocycles. The Hall–Kier alpha value is -3.94. The number of nitrogens with one attached hydrogen (secondary N) is 1. The number of anilines is 2. The molecule has 2 aromatic rings. The standard InChI is InChI=1S/C46H72N4O15S3/c1-45(2,3)21-19-36(39-17-15-37(34-42(39)51)49(22-11-33-67(56,57)58)24-25-63-28-29-65-31-30-64-27-26-62-5)12-9-13-43-46(4,20-10-32-66(53,54)55)40-35-38(68(59,60)61)16-18-41(40)50(43)23-8-6-7-14-44(52)48-47/h9,12-13,15-19,34-35,51H,6-8,10-11,14,20-33,47H2,1-5H3,(H,48,52)(H,53,54,55)(H,56,57,58)(H,59,60,61)/b12-9+,36-19-,43-13-. The molecule has 2 aromatic carbocycles. The van der Waals surface area contributed by atoms with Gasteiger partial charge < -0.3 is 33.9 Å². The van der Waals surface area contributed by atoms with Crippen molar-refractivity contribution >= 4 is 53.2 Å². The second-order valence-corrected chi connectivity index (χ2v) is 22.5. The van der Waals surface area contributed by atoms with Gasteiger partial charge in [-0.05, 0) is 98.4 Å². The second kappa shape index (κ2) is 27.5. The van der Waals surface area contributed by atoms with Crippen LogP contribution in [-0.4, -0.2) is 134 Å². The van der Waals surface area contributed by atoms with Crippen molar-refractivity contribution in [3.05, 3.63) is 77.5 Å². The van der Waals surface area contributed by atoms with Crippen LogP contribution in [0.2, 0.25) is 0 Å². The minimum atomic E-state index is -4.62. The van der Waals surface area contributed by atoms with E-state index in [1.807, 2.05) is 35.0 Å². The average Bonchev–Trinajstić information content (AvgIpc) is 3.47. The van der Waals surface area contributed by atoms with E-state index in [1.165, 1.54) is 12.1 Å². The zero-order valence-electron chi connectivity index (χ0n) is 39.9. The predicted octanol–water partition coefficient (Wildman–Crippen LogP) is 5.68. The van der Waals surface area contributed by atoms with Gasteiger partial charge in [-0.1, -0.05) is 45.4 Å². The molecule has 0 radical (unpaired) electrons. The summed E-state index contributed by atoms with van der Waals surface area (Å²) < 4.78 is 122. The molecule has 1 atom stereocenters. The maximum absolute atomic E-state index is 12.4. The number of nitrogens with two attached hydrogens (primary N) is 1. The number of phenolic OH excluding ortho intramolecular Hbond substituents is 1. The summed E-state index contributed by atoms with van der Waals surface area (Å²) >= 11 is 0. The molecule has 0 aliphatic carbocycles. The fourth-order valence-electron chi connectivity index (χ4n) is 7.66. The first-order valence-electron chi connectivity index (χ1n) is 22.6. The molecule has 1 unspecified atom stereocenters. The van der Waals surface area contributed by atoms with Crippen LogP contribution in [0.3, 0.4) is 0 Å². The van der Waals surface area contributed by atoms with Crippen molar-refractivity contribution in [3.8, 4) is 5.75 Å². The van der Waals surface area contributed by atoms with Gasteiger partial charge in [0, 0.05) is 67.3 Å². The first kappa shape index (κ1) is 58.4. The van der Waals surface area contributed by atoms with Gasteiger partial charge in [-0.15, -0.1) is 0 Å². The van der Waals surface area contributed by atoms with Gasteiger partial charge in [0.25, 0.3) is 30.4 Å². The van der Waals surface area contributed by atoms with E-state index in [9.17, 15) is 48.8 Å². The number of hydrogen-bond donors (Lipinski definition) is 6. The highest BCUT2D eigenvalue weighted by Crippen LogP contribution is 2.51. The van der Waals surface area contributed by atoms with E-state index < -0.39 is 47.3 Å². The molecule has 0 fully saturated rings. The summed E-state index contributed by atoms with van der Waals surface area (Å²) in [5, 5.41) is 11.7. The van der Waals surface area contributed by atoms with Crippen molar-refractivity contribution in [3.63, 3.8) is 0 Å². The van der Waals surface area contributed by atoms with E-state index in [0.717, 1.165) is 0 Å². The summed E-state index contributed by atoms with van der Waals surface area (Å²) in [4.78, 5) is 15.3. The third-order valence-corrected chi connectivity index (χ3v) is 13.6. The molecule has 384 valence electrons. The van der Waals surface area contributed by atoms with E-state index in [4.69, 9.17) is 24.8 Å². The Morgan fingerprint density at radius 1 is 0.824 bits per heavy atom. The number of fused-ring (bicyclic) bond motifs is 1. The Bertz CT molecular complexity index is 2370. The highest BCUT2D eigenvalue weighted by Gasteiger charge is 2.43. The fourth-order valence-corrected chi connectivity index (χ4v) is 9.17. The number of nitrogens with zero attached hydrogens (tertiary/aromatic N) is 2. The van der Waals surface area contributed by atoms with Gasteiger partial charge in [-0.25, -0.2) is 5.84 Å². The van der Waals surface area contributed by atoms with Gasteiger partial charge in [0.05, 0.1) is 62.6 Å². The van der Waals surface area contributed by atoms with Crippen LogP contribution in [0.1, 0.15) is 90.2 Å². The predicted molar refractivity (Wildman–Crippen MR) is 262 cm³/mol. The van der Waals surface area contributed by atoms with Crippen LogP contribution in [0.4, 0.5) is 11.4 Å². The van der Waals surface area contributed by atoms with Gasteiger partial charge in [-0.3, -0.25) is 23.9 Å². The molecule has 0 saturated carbocycles. The number of carbonyl (C=O) groups excluding carboxylic acids is 1. The van der Waals surface area contributed by atoms with Crippen molar-refractivity contribution in [2.75, 3.05) is 94.3 Å². The third kappa shape index (κ3) is 20.6. The fraction of sp³-hybridized carbons (Fsp3) is 0.587. The first-order chi connectivity index (χ1) is 31.9. The van der Waals surface area contributed by atoms with Crippen molar-refractivity contribution in [1.29, 1.82) is 0 Å². The Labute approximate surface area is 402 Å². The first-order valence-corrected chi connectivity index (χ1v) is 27.2. The number of rotatable bonds is 32. The van der Waals surface area contributed by atoms with Crippen LogP contribution >= 0.6 is 0 Å². The van der Waals surface area contributed by atoms with Crippen LogP contribution in [0.5, 0.6) is 5.75 Å². The summed E-state index contributed by atoms with van der Waals surface area (Å²) in [5.41, 5.74) is 4.55. The highest BCUT2D eigenvalue weighted by molar-refractivity contribution is 7.86. The molecule has 0 spiro atoms. The zero-order chi connectivity index (χ0) is 50.6. The van der Waals surface area contributed by atoms with Crippen LogP contribution in [0.15, 0.2) is 71.3 Å². The average molecular weight is 1020 g/mol. The number of amides is 1. The van der Waals surface area contributed by atoms with E-state index in [1.54, 1.807) is 37.5 Å². The Balaban J connectivity index is 2.02. The maximum Gasteiger partial charge on any atom is 0.294 e. The Morgan fingerprint density at radius 3 is 2.04 bits per heavy atom. The van der Waals surface area contributed by atoms with Crippen LogP contribution in [-0.2, 0) is 59.5 Å². The normalized spacial score (nSPS) is 16.5. The summed E-state index contributed by atoms with van der Waals surface area (Å²) in [6.07, 6.45) is 10.4. The van der Waals surface area contributed by atoms with Crippen LogP contribution < -0.4 is 21.1 Å². The number of unbranched alkanes of at least 4 members (excludes halogenated alkanes) is 2. The summed E-state index contributed by atoms with van der Waals surface area (Å²) in [6.45, 7) is 11.7. The number of ether oxygens (including phenoxy) is 4. The Kier molecular flexibility index (Phi) is 23.6. The van der Waals surface area contributed by atoms with E-state index in [-0.39, 0.29) is 60.8 Å². The molecule has 1 heterocycles. The molecular weight excluding hydrogens is 945 g/mol. The summed E-state index contributed by atoms with van der Waals surface area (Å²) in [6, 6.07) is 9.42.